The summed E-state index contributed by atoms with van der Waals surface area (Å²) < 4.78 is 0.901. The van der Waals surface area contributed by atoms with Gasteiger partial charge in [0.25, 0.3) is 0 Å². The molecule has 0 saturated heterocycles. The van der Waals surface area contributed by atoms with Crippen molar-refractivity contribution in [2.75, 3.05) is 17.6 Å². The van der Waals surface area contributed by atoms with Crippen LogP contribution in [0.25, 0.3) is 0 Å². The van der Waals surface area contributed by atoms with Gasteiger partial charge in [-0.25, -0.2) is 4.98 Å². The number of halogens is 1. The lowest BCUT2D eigenvalue weighted by molar-refractivity contribution is 1.28. The molecule has 0 aliphatic heterocycles. The van der Waals surface area contributed by atoms with E-state index in [2.05, 4.69) is 32.8 Å². The van der Waals surface area contributed by atoms with Crippen molar-refractivity contribution in [1.29, 1.82) is 0 Å². The molecule has 0 fully saturated rings. The second-order valence-electron chi connectivity index (χ2n) is 2.34. The number of anilines is 2. The van der Waals surface area contributed by atoms with Crippen molar-refractivity contribution in [3.8, 4) is 0 Å². The molecule has 0 saturated carbocycles. The molecule has 0 unspecified atom stereocenters. The molecule has 0 bridgehead atoms. The van der Waals surface area contributed by atoms with Crippen LogP contribution in [-0.4, -0.2) is 11.5 Å². The Labute approximate surface area is 79.8 Å². The minimum Gasteiger partial charge on any atom is -0.384 e. The molecule has 1 aromatic rings. The first-order valence-electron chi connectivity index (χ1n) is 3.47. The maximum atomic E-state index is 5.48. The van der Waals surface area contributed by atoms with Gasteiger partial charge >= 0.3 is 0 Å². The molecule has 0 radical (unpaired) electrons. The van der Waals surface area contributed by atoms with E-state index in [0.29, 0.717) is 12.4 Å². The van der Waals surface area contributed by atoms with E-state index < -0.39 is 0 Å². The number of pyridine rings is 1. The van der Waals surface area contributed by atoms with E-state index in [-0.39, 0.29) is 0 Å². The number of nitrogens with two attached hydrogens (primary N) is 1. The third kappa shape index (κ3) is 2.92. The summed E-state index contributed by atoms with van der Waals surface area (Å²) in [7, 11) is 0. The van der Waals surface area contributed by atoms with Gasteiger partial charge < -0.3 is 11.1 Å². The van der Waals surface area contributed by atoms with Crippen molar-refractivity contribution < 1.29 is 0 Å². The second-order valence-corrected chi connectivity index (χ2v) is 3.46. The van der Waals surface area contributed by atoms with Gasteiger partial charge in [0.1, 0.15) is 5.82 Å². The van der Waals surface area contributed by atoms with Crippen molar-refractivity contribution in [1.82, 2.24) is 4.98 Å². The Balaban J connectivity index is 2.57. The minimum atomic E-state index is 0.514. The van der Waals surface area contributed by atoms with Crippen LogP contribution >= 0.6 is 15.9 Å². The molecule has 1 aromatic heterocycles. The van der Waals surface area contributed by atoms with Crippen LogP contribution in [0.3, 0.4) is 0 Å². The molecule has 3 nitrogen and oxygen atoms in total. The maximum absolute atomic E-state index is 5.48. The largest absolute Gasteiger partial charge is 0.384 e. The predicted octanol–water partition coefficient (Wildman–Crippen LogP) is 1.98. The molecule has 0 atom stereocenters. The monoisotopic (exact) mass is 227 g/mol. The normalized spacial score (nSPS) is 9.42. The zero-order valence-corrected chi connectivity index (χ0v) is 8.13. The van der Waals surface area contributed by atoms with Crippen molar-refractivity contribution in [2.24, 2.45) is 0 Å². The molecule has 1 heterocycles. The average molecular weight is 228 g/mol. The molecule has 4 heteroatoms. The van der Waals surface area contributed by atoms with Crippen LogP contribution in [0.4, 0.5) is 11.5 Å². The molecule has 0 amide bonds. The molecule has 0 spiro atoms. The molecular weight excluding hydrogens is 218 g/mol. The molecule has 0 aliphatic rings. The summed E-state index contributed by atoms with van der Waals surface area (Å²) in [5.41, 5.74) is 6.43. The number of hydrogen-bond donors (Lipinski definition) is 2. The summed E-state index contributed by atoms with van der Waals surface area (Å²) in [5.74, 6) is 0.514. The first kappa shape index (κ1) is 9.06. The van der Waals surface area contributed by atoms with Gasteiger partial charge in [-0.1, -0.05) is 22.5 Å². The molecule has 64 valence electrons. The fourth-order valence-electron chi connectivity index (χ4n) is 0.756. The first-order chi connectivity index (χ1) is 5.68. The zero-order chi connectivity index (χ0) is 8.97. The summed E-state index contributed by atoms with van der Waals surface area (Å²) >= 11 is 3.25. The SMILES string of the molecule is C=C(Br)CNc1ccnc(N)c1. The smallest absolute Gasteiger partial charge is 0.125 e. The summed E-state index contributed by atoms with van der Waals surface area (Å²) in [5, 5.41) is 3.12. The highest BCUT2D eigenvalue weighted by Gasteiger charge is 1.92. The van der Waals surface area contributed by atoms with E-state index in [9.17, 15) is 0 Å². The summed E-state index contributed by atoms with van der Waals surface area (Å²) in [6.45, 7) is 4.38. The summed E-state index contributed by atoms with van der Waals surface area (Å²) in [6, 6.07) is 3.63. The van der Waals surface area contributed by atoms with E-state index >= 15 is 0 Å². The van der Waals surface area contributed by atoms with Gasteiger partial charge in [-0.15, -0.1) is 0 Å². The Kier molecular flexibility index (Phi) is 3.10. The number of aromatic nitrogens is 1. The van der Waals surface area contributed by atoms with Crippen molar-refractivity contribution in [3.63, 3.8) is 0 Å². The topological polar surface area (TPSA) is 50.9 Å². The maximum Gasteiger partial charge on any atom is 0.125 e. The predicted molar refractivity (Wildman–Crippen MR) is 55.2 cm³/mol. The van der Waals surface area contributed by atoms with Crippen LogP contribution in [0.15, 0.2) is 29.4 Å². The van der Waals surface area contributed by atoms with Gasteiger partial charge in [-0.2, -0.15) is 0 Å². The van der Waals surface area contributed by atoms with Gasteiger partial charge in [-0.3, -0.25) is 0 Å². The lowest BCUT2D eigenvalue weighted by Crippen LogP contribution is -2.01. The van der Waals surface area contributed by atoms with Crippen LogP contribution in [-0.2, 0) is 0 Å². The Morgan fingerprint density at radius 2 is 2.50 bits per heavy atom. The van der Waals surface area contributed by atoms with Crippen LogP contribution in [0.1, 0.15) is 0 Å². The second kappa shape index (κ2) is 4.11. The first-order valence-corrected chi connectivity index (χ1v) is 4.26. The Hall–Kier alpha value is -1.03. The Morgan fingerprint density at radius 1 is 1.75 bits per heavy atom. The van der Waals surface area contributed by atoms with E-state index in [0.717, 1.165) is 10.2 Å². The quantitative estimate of drug-likeness (QED) is 0.831. The highest BCUT2D eigenvalue weighted by atomic mass is 79.9. The fraction of sp³-hybridized carbons (Fsp3) is 0.125. The summed E-state index contributed by atoms with van der Waals surface area (Å²) in [4.78, 5) is 3.87. The van der Waals surface area contributed by atoms with E-state index in [1.54, 1.807) is 12.3 Å². The van der Waals surface area contributed by atoms with Crippen LogP contribution in [0.2, 0.25) is 0 Å². The lowest BCUT2D eigenvalue weighted by atomic mass is 10.4. The number of rotatable bonds is 3. The number of nitrogens with one attached hydrogen (secondary N) is 1. The lowest BCUT2D eigenvalue weighted by Gasteiger charge is -2.04. The number of nitrogen functional groups attached to an aromatic ring is 1. The van der Waals surface area contributed by atoms with Crippen LogP contribution in [0.5, 0.6) is 0 Å². The van der Waals surface area contributed by atoms with Gasteiger partial charge in [0.15, 0.2) is 0 Å². The van der Waals surface area contributed by atoms with Crippen LogP contribution in [0, 0.1) is 0 Å². The molecule has 1 rings (SSSR count). The molecule has 0 aliphatic carbocycles. The van der Waals surface area contributed by atoms with Crippen molar-refractivity contribution in [2.45, 2.75) is 0 Å². The fourth-order valence-corrected chi connectivity index (χ4v) is 0.896. The average Bonchev–Trinajstić information content (AvgIpc) is 2.01. The van der Waals surface area contributed by atoms with Crippen LogP contribution < -0.4 is 11.1 Å². The van der Waals surface area contributed by atoms with Gasteiger partial charge in [-0.05, 0) is 6.07 Å². The highest BCUT2D eigenvalue weighted by Crippen LogP contribution is 2.10. The van der Waals surface area contributed by atoms with Gasteiger partial charge in [0.05, 0.1) is 0 Å². The zero-order valence-electron chi connectivity index (χ0n) is 6.55. The molecule has 12 heavy (non-hydrogen) atoms. The molecular formula is C8H10BrN3. The van der Waals surface area contributed by atoms with E-state index in [1.807, 2.05) is 6.07 Å². The molecule has 0 aromatic carbocycles. The van der Waals surface area contributed by atoms with E-state index in [4.69, 9.17) is 5.73 Å². The minimum absolute atomic E-state index is 0.514. The van der Waals surface area contributed by atoms with Gasteiger partial charge in [0.2, 0.25) is 0 Å². The molecule has 3 N–H and O–H groups in total. The Bertz CT molecular complexity index is 285. The van der Waals surface area contributed by atoms with Gasteiger partial charge in [0, 0.05) is 29.0 Å². The standard InChI is InChI=1S/C8H10BrN3/c1-6(9)5-12-7-2-3-11-8(10)4-7/h2-4H,1,5H2,(H3,10,11,12). The highest BCUT2D eigenvalue weighted by molar-refractivity contribution is 9.11. The Morgan fingerprint density at radius 3 is 3.08 bits per heavy atom. The third-order valence-electron chi connectivity index (χ3n) is 1.27. The summed E-state index contributed by atoms with van der Waals surface area (Å²) in [6.07, 6.45) is 1.66. The van der Waals surface area contributed by atoms with Crippen molar-refractivity contribution in [3.05, 3.63) is 29.4 Å². The van der Waals surface area contributed by atoms with E-state index in [1.165, 1.54) is 0 Å². The number of nitrogens with zero attached hydrogens (tertiary/aromatic N) is 1. The third-order valence-corrected chi connectivity index (χ3v) is 1.55. The van der Waals surface area contributed by atoms with Crippen molar-refractivity contribution >= 4 is 27.4 Å². The number of hydrogen-bond acceptors (Lipinski definition) is 3.